The maximum atomic E-state index is 12.9. The third-order valence-electron chi connectivity index (χ3n) is 5.73. The molecule has 0 radical (unpaired) electrons. The molecule has 0 bridgehead atoms. The minimum Gasteiger partial charge on any atom is -0.354 e. The van der Waals surface area contributed by atoms with E-state index in [1.54, 1.807) is 4.90 Å². The van der Waals surface area contributed by atoms with E-state index in [1.165, 1.54) is 0 Å². The highest BCUT2D eigenvalue weighted by Crippen LogP contribution is 2.30. The normalized spacial score (nSPS) is 18.6. The van der Waals surface area contributed by atoms with Crippen LogP contribution in [-0.2, 0) is 27.3 Å². The Bertz CT molecular complexity index is 834. The smallest absolute Gasteiger partial charge is 0.255 e. The van der Waals surface area contributed by atoms with Crippen molar-refractivity contribution in [3.63, 3.8) is 0 Å². The first kappa shape index (κ1) is 22.0. The molecule has 1 aromatic rings. The molecular formula is C23H31N3O4. The van der Waals surface area contributed by atoms with Gasteiger partial charge in [0.05, 0.1) is 0 Å². The molecule has 2 aliphatic rings. The third-order valence-corrected chi connectivity index (χ3v) is 5.73. The Kier molecular flexibility index (Phi) is 7.24. The van der Waals surface area contributed by atoms with Crippen LogP contribution in [0.2, 0.25) is 0 Å². The minimum atomic E-state index is -0.576. The van der Waals surface area contributed by atoms with Gasteiger partial charge in [0.2, 0.25) is 17.7 Å². The second kappa shape index (κ2) is 9.87. The maximum Gasteiger partial charge on any atom is 0.255 e. The number of hydrogen-bond acceptors (Lipinski definition) is 4. The first-order valence-electron chi connectivity index (χ1n) is 10.9. The van der Waals surface area contributed by atoms with Crippen LogP contribution in [0.3, 0.4) is 0 Å². The van der Waals surface area contributed by atoms with Crippen molar-refractivity contribution in [3.05, 3.63) is 34.9 Å². The summed E-state index contributed by atoms with van der Waals surface area (Å²) in [5.74, 6) is -0.673. The number of carbonyl (C=O) groups is 4. The van der Waals surface area contributed by atoms with Crippen LogP contribution in [0.4, 0.5) is 0 Å². The van der Waals surface area contributed by atoms with Crippen LogP contribution in [0, 0.1) is 0 Å². The fourth-order valence-electron chi connectivity index (χ4n) is 4.23. The first-order valence-corrected chi connectivity index (χ1v) is 10.9. The maximum absolute atomic E-state index is 12.9. The summed E-state index contributed by atoms with van der Waals surface area (Å²) in [6.07, 6.45) is 5.99. The second-order valence-corrected chi connectivity index (χ2v) is 8.48. The third kappa shape index (κ3) is 5.26. The minimum absolute atomic E-state index is 0.109. The quantitative estimate of drug-likeness (QED) is 0.480. The van der Waals surface area contributed by atoms with Crippen LogP contribution in [0.15, 0.2) is 18.2 Å². The van der Waals surface area contributed by atoms with Crippen molar-refractivity contribution in [1.82, 2.24) is 15.5 Å². The Hall–Kier alpha value is -2.70. The van der Waals surface area contributed by atoms with Crippen LogP contribution >= 0.6 is 0 Å². The molecular weight excluding hydrogens is 382 g/mol. The van der Waals surface area contributed by atoms with E-state index >= 15 is 0 Å². The summed E-state index contributed by atoms with van der Waals surface area (Å²) < 4.78 is 0. The molecule has 0 saturated carbocycles. The number of unbranched alkanes of at least 4 members (excludes halogenated alkanes) is 3. The number of benzene rings is 1. The number of carbonyl (C=O) groups excluding carboxylic acids is 4. The van der Waals surface area contributed by atoms with Crippen molar-refractivity contribution in [3.8, 4) is 0 Å². The summed E-state index contributed by atoms with van der Waals surface area (Å²) in [5.41, 5.74) is 2.82. The molecule has 162 valence electrons. The second-order valence-electron chi connectivity index (χ2n) is 8.48. The van der Waals surface area contributed by atoms with Crippen LogP contribution in [0.25, 0.3) is 0 Å². The van der Waals surface area contributed by atoms with Gasteiger partial charge in [-0.3, -0.25) is 24.5 Å². The van der Waals surface area contributed by atoms with E-state index in [0.29, 0.717) is 24.9 Å². The van der Waals surface area contributed by atoms with Gasteiger partial charge in [-0.15, -0.1) is 0 Å². The molecule has 4 amide bonds. The number of imide groups is 1. The molecule has 1 fully saturated rings. The average molecular weight is 414 g/mol. The largest absolute Gasteiger partial charge is 0.354 e. The van der Waals surface area contributed by atoms with Gasteiger partial charge in [-0.1, -0.05) is 25.0 Å². The Labute approximate surface area is 177 Å². The number of fused-ring (bicyclic) bond motifs is 1. The average Bonchev–Trinajstić information content (AvgIpc) is 3.01. The lowest BCUT2D eigenvalue weighted by atomic mass is 9.98. The van der Waals surface area contributed by atoms with E-state index in [9.17, 15) is 19.2 Å². The van der Waals surface area contributed by atoms with E-state index in [-0.39, 0.29) is 36.1 Å². The lowest BCUT2D eigenvalue weighted by Gasteiger charge is -2.29. The monoisotopic (exact) mass is 413 g/mol. The summed E-state index contributed by atoms with van der Waals surface area (Å²) in [4.78, 5) is 49.7. The van der Waals surface area contributed by atoms with Crippen molar-refractivity contribution in [2.75, 3.05) is 0 Å². The number of rotatable bonds is 9. The molecule has 0 spiro atoms. The van der Waals surface area contributed by atoms with Gasteiger partial charge in [-0.25, -0.2) is 0 Å². The van der Waals surface area contributed by atoms with E-state index in [1.807, 2.05) is 26.0 Å². The van der Waals surface area contributed by atoms with Gasteiger partial charge in [0.1, 0.15) is 6.04 Å². The zero-order valence-electron chi connectivity index (χ0n) is 17.8. The van der Waals surface area contributed by atoms with Crippen LogP contribution in [0.1, 0.15) is 80.3 Å². The van der Waals surface area contributed by atoms with E-state index in [0.717, 1.165) is 43.2 Å². The standard InChI is InChI=1S/C23H31N3O4/c1-15(2)24-20(27)11-6-4-3-5-8-16-9-7-10-17-18(16)14-26(23(17)30)19-12-13-21(28)25-22(19)29/h7,9-10,15,19H,3-6,8,11-14H2,1-2H3,(H,24,27)(H,25,28,29). The molecule has 7 heteroatoms. The zero-order chi connectivity index (χ0) is 21.7. The Morgan fingerprint density at radius 2 is 1.93 bits per heavy atom. The van der Waals surface area contributed by atoms with Gasteiger partial charge in [0.25, 0.3) is 5.91 Å². The molecule has 2 aliphatic heterocycles. The van der Waals surface area contributed by atoms with Gasteiger partial charge in [0.15, 0.2) is 0 Å². The highest BCUT2D eigenvalue weighted by Gasteiger charge is 2.39. The lowest BCUT2D eigenvalue weighted by molar-refractivity contribution is -0.137. The highest BCUT2D eigenvalue weighted by atomic mass is 16.2. The van der Waals surface area contributed by atoms with Gasteiger partial charge >= 0.3 is 0 Å². The number of aryl methyl sites for hydroxylation is 1. The summed E-state index contributed by atoms with van der Waals surface area (Å²) in [7, 11) is 0. The van der Waals surface area contributed by atoms with Gasteiger partial charge in [-0.2, -0.15) is 0 Å². The van der Waals surface area contributed by atoms with Crippen molar-refractivity contribution >= 4 is 23.6 Å². The zero-order valence-corrected chi connectivity index (χ0v) is 17.8. The predicted octanol–water partition coefficient (Wildman–Crippen LogP) is 2.47. The van der Waals surface area contributed by atoms with E-state index in [2.05, 4.69) is 16.7 Å². The van der Waals surface area contributed by atoms with Crippen LogP contribution in [0.5, 0.6) is 0 Å². The van der Waals surface area contributed by atoms with Gasteiger partial charge in [-0.05, 0) is 56.7 Å². The van der Waals surface area contributed by atoms with E-state index < -0.39 is 6.04 Å². The van der Waals surface area contributed by atoms with Gasteiger partial charge in [0, 0.05) is 31.0 Å². The summed E-state index contributed by atoms with van der Waals surface area (Å²) >= 11 is 0. The molecule has 3 rings (SSSR count). The summed E-state index contributed by atoms with van der Waals surface area (Å²) in [5, 5.41) is 5.25. The number of amides is 4. The molecule has 1 unspecified atom stereocenters. The fraction of sp³-hybridized carbons (Fsp3) is 0.565. The molecule has 7 nitrogen and oxygen atoms in total. The van der Waals surface area contributed by atoms with Crippen molar-refractivity contribution in [2.24, 2.45) is 0 Å². The van der Waals surface area contributed by atoms with Crippen molar-refractivity contribution < 1.29 is 19.2 Å². The number of piperidine rings is 1. The van der Waals surface area contributed by atoms with Crippen LogP contribution in [-0.4, -0.2) is 40.6 Å². The molecule has 30 heavy (non-hydrogen) atoms. The molecule has 2 N–H and O–H groups in total. The molecule has 0 aliphatic carbocycles. The Balaban J connectivity index is 1.51. The Morgan fingerprint density at radius 3 is 2.67 bits per heavy atom. The number of nitrogens with one attached hydrogen (secondary N) is 2. The fourth-order valence-corrected chi connectivity index (χ4v) is 4.23. The van der Waals surface area contributed by atoms with Crippen molar-refractivity contribution in [1.29, 1.82) is 0 Å². The lowest BCUT2D eigenvalue weighted by Crippen LogP contribution is -2.52. The number of hydrogen-bond donors (Lipinski definition) is 2. The van der Waals surface area contributed by atoms with E-state index in [4.69, 9.17) is 0 Å². The predicted molar refractivity (Wildman–Crippen MR) is 113 cm³/mol. The molecule has 1 atom stereocenters. The molecule has 1 saturated heterocycles. The SMILES string of the molecule is CC(C)NC(=O)CCCCCCc1cccc2c1CN(C1CCC(=O)NC1=O)C2=O. The van der Waals surface area contributed by atoms with Crippen LogP contribution < -0.4 is 10.6 Å². The topological polar surface area (TPSA) is 95.6 Å². The summed E-state index contributed by atoms with van der Waals surface area (Å²) in [6.45, 7) is 4.34. The molecule has 2 heterocycles. The Morgan fingerprint density at radius 1 is 1.17 bits per heavy atom. The molecule has 0 aromatic heterocycles. The van der Waals surface area contributed by atoms with Gasteiger partial charge < -0.3 is 10.2 Å². The first-order chi connectivity index (χ1) is 14.4. The molecule has 1 aromatic carbocycles. The van der Waals surface area contributed by atoms with Crippen molar-refractivity contribution in [2.45, 2.75) is 83.8 Å². The summed E-state index contributed by atoms with van der Waals surface area (Å²) in [6, 6.07) is 5.37. The number of nitrogens with zero attached hydrogens (tertiary/aromatic N) is 1. The highest BCUT2D eigenvalue weighted by molar-refractivity contribution is 6.05.